The molecule has 1 atom stereocenters. The van der Waals surface area contributed by atoms with Crippen LogP contribution in [0, 0.1) is 19.8 Å². The molecule has 0 saturated carbocycles. The summed E-state index contributed by atoms with van der Waals surface area (Å²) in [6, 6.07) is 5.77. The molecule has 1 aromatic rings. The molecule has 6 nitrogen and oxygen atoms in total. The molecule has 1 aliphatic heterocycles. The van der Waals surface area contributed by atoms with Gasteiger partial charge in [-0.05, 0) is 43.9 Å². The van der Waals surface area contributed by atoms with Crippen molar-refractivity contribution in [1.82, 2.24) is 10.3 Å². The van der Waals surface area contributed by atoms with Gasteiger partial charge in [-0.15, -0.1) is 0 Å². The van der Waals surface area contributed by atoms with Crippen molar-refractivity contribution in [1.29, 1.82) is 0 Å². The Morgan fingerprint density at radius 1 is 1.41 bits per heavy atom. The van der Waals surface area contributed by atoms with Crippen LogP contribution >= 0.6 is 0 Å². The molecule has 120 valence electrons. The number of nitrogens with one attached hydrogen (secondary N) is 1. The normalized spacial score (nSPS) is 18.0. The van der Waals surface area contributed by atoms with Gasteiger partial charge >= 0.3 is 0 Å². The molecular formula is C16H23N3O3. The molecule has 2 rings (SSSR count). The standard InChI is InChI=1S/C16H23N3O3/c1-11-5-3-7-14(12(11)2)22-10-15(20)19-8-4-6-13(9-19)16(21)18-17/h3,5,7,13H,4,6,8-10,17H2,1-2H3,(H,18,21). The minimum Gasteiger partial charge on any atom is -0.483 e. The van der Waals surface area contributed by atoms with Gasteiger partial charge < -0.3 is 9.64 Å². The second-order valence-electron chi connectivity index (χ2n) is 5.67. The first kappa shape index (κ1) is 16.3. The van der Waals surface area contributed by atoms with E-state index in [0.717, 1.165) is 29.7 Å². The number of hydrogen-bond acceptors (Lipinski definition) is 4. The summed E-state index contributed by atoms with van der Waals surface area (Å²) in [5.74, 6) is 5.34. The minimum atomic E-state index is -0.233. The van der Waals surface area contributed by atoms with E-state index < -0.39 is 0 Å². The van der Waals surface area contributed by atoms with E-state index in [0.29, 0.717) is 13.1 Å². The largest absolute Gasteiger partial charge is 0.483 e. The fourth-order valence-corrected chi connectivity index (χ4v) is 2.65. The van der Waals surface area contributed by atoms with Crippen molar-refractivity contribution < 1.29 is 14.3 Å². The molecule has 1 fully saturated rings. The predicted molar refractivity (Wildman–Crippen MR) is 83.0 cm³/mol. The van der Waals surface area contributed by atoms with Crippen LogP contribution in [0.4, 0.5) is 0 Å². The van der Waals surface area contributed by atoms with Gasteiger partial charge in [0.2, 0.25) is 5.91 Å². The summed E-state index contributed by atoms with van der Waals surface area (Å²) in [6.07, 6.45) is 1.55. The Hall–Kier alpha value is -2.08. The van der Waals surface area contributed by atoms with Gasteiger partial charge in [-0.3, -0.25) is 15.0 Å². The molecule has 1 aromatic carbocycles. The van der Waals surface area contributed by atoms with E-state index in [4.69, 9.17) is 10.6 Å². The van der Waals surface area contributed by atoms with E-state index in [2.05, 4.69) is 5.43 Å². The highest BCUT2D eigenvalue weighted by Gasteiger charge is 2.28. The van der Waals surface area contributed by atoms with E-state index in [1.807, 2.05) is 32.0 Å². The maximum absolute atomic E-state index is 12.3. The Labute approximate surface area is 130 Å². The molecule has 0 aliphatic carbocycles. The number of nitrogens with zero attached hydrogens (tertiary/aromatic N) is 1. The van der Waals surface area contributed by atoms with Crippen LogP contribution in [0.5, 0.6) is 5.75 Å². The van der Waals surface area contributed by atoms with Crippen molar-refractivity contribution in [2.45, 2.75) is 26.7 Å². The first-order valence-corrected chi connectivity index (χ1v) is 7.50. The van der Waals surface area contributed by atoms with E-state index in [-0.39, 0.29) is 24.3 Å². The number of amides is 2. The molecule has 0 radical (unpaired) electrons. The molecule has 6 heteroatoms. The number of carbonyl (C=O) groups excluding carboxylic acids is 2. The summed E-state index contributed by atoms with van der Waals surface area (Å²) in [5.41, 5.74) is 4.32. The van der Waals surface area contributed by atoms with Crippen LogP contribution in [0.3, 0.4) is 0 Å². The summed E-state index contributed by atoms with van der Waals surface area (Å²) in [4.78, 5) is 25.5. The first-order chi connectivity index (χ1) is 10.5. The number of ether oxygens (including phenoxy) is 1. The third kappa shape index (κ3) is 3.76. The van der Waals surface area contributed by atoms with Crippen molar-refractivity contribution in [3.63, 3.8) is 0 Å². The van der Waals surface area contributed by atoms with Crippen molar-refractivity contribution in [2.24, 2.45) is 11.8 Å². The number of likely N-dealkylation sites (tertiary alicyclic amines) is 1. The average molecular weight is 305 g/mol. The minimum absolute atomic E-state index is 0.0126. The quantitative estimate of drug-likeness (QED) is 0.492. The van der Waals surface area contributed by atoms with Crippen LogP contribution in [-0.4, -0.2) is 36.4 Å². The predicted octanol–water partition coefficient (Wildman–Crippen LogP) is 0.911. The Kier molecular flexibility index (Phi) is 5.38. The first-order valence-electron chi connectivity index (χ1n) is 7.50. The van der Waals surface area contributed by atoms with Crippen molar-refractivity contribution in [3.05, 3.63) is 29.3 Å². The molecule has 1 heterocycles. The molecule has 3 N–H and O–H groups in total. The second kappa shape index (κ2) is 7.26. The molecule has 1 aliphatic rings. The third-order valence-electron chi connectivity index (χ3n) is 4.19. The summed E-state index contributed by atoms with van der Waals surface area (Å²) >= 11 is 0. The zero-order chi connectivity index (χ0) is 16.1. The van der Waals surface area contributed by atoms with Gasteiger partial charge in [0.1, 0.15) is 5.75 Å². The maximum Gasteiger partial charge on any atom is 0.260 e. The Morgan fingerprint density at radius 2 is 2.18 bits per heavy atom. The van der Waals surface area contributed by atoms with Gasteiger partial charge in [0.15, 0.2) is 6.61 Å². The lowest BCUT2D eigenvalue weighted by Crippen LogP contribution is -2.48. The van der Waals surface area contributed by atoms with E-state index in [9.17, 15) is 9.59 Å². The maximum atomic E-state index is 12.3. The van der Waals surface area contributed by atoms with Crippen LogP contribution < -0.4 is 16.0 Å². The fraction of sp³-hybridized carbons (Fsp3) is 0.500. The number of benzene rings is 1. The van der Waals surface area contributed by atoms with Crippen LogP contribution in [0.15, 0.2) is 18.2 Å². The van der Waals surface area contributed by atoms with Gasteiger partial charge in [0.05, 0.1) is 5.92 Å². The van der Waals surface area contributed by atoms with Crippen molar-refractivity contribution in [2.75, 3.05) is 19.7 Å². The summed E-state index contributed by atoms with van der Waals surface area (Å²) in [6.45, 7) is 5.02. The summed E-state index contributed by atoms with van der Waals surface area (Å²) in [7, 11) is 0. The van der Waals surface area contributed by atoms with Gasteiger partial charge in [-0.1, -0.05) is 12.1 Å². The summed E-state index contributed by atoms with van der Waals surface area (Å²) in [5, 5.41) is 0. The lowest BCUT2D eigenvalue weighted by Gasteiger charge is -2.31. The van der Waals surface area contributed by atoms with Gasteiger partial charge in [-0.25, -0.2) is 5.84 Å². The van der Waals surface area contributed by atoms with Crippen molar-refractivity contribution in [3.8, 4) is 5.75 Å². The number of aryl methyl sites for hydroxylation is 1. The number of piperidine rings is 1. The molecular weight excluding hydrogens is 282 g/mol. The van der Waals surface area contributed by atoms with Crippen LogP contribution in [0.2, 0.25) is 0 Å². The highest BCUT2D eigenvalue weighted by atomic mass is 16.5. The highest BCUT2D eigenvalue weighted by molar-refractivity contribution is 5.81. The van der Waals surface area contributed by atoms with Gasteiger partial charge in [-0.2, -0.15) is 0 Å². The molecule has 1 unspecified atom stereocenters. The van der Waals surface area contributed by atoms with E-state index in [1.54, 1.807) is 4.90 Å². The number of hydrogen-bond donors (Lipinski definition) is 2. The Morgan fingerprint density at radius 3 is 2.91 bits per heavy atom. The zero-order valence-corrected chi connectivity index (χ0v) is 13.1. The van der Waals surface area contributed by atoms with Crippen LogP contribution in [0.25, 0.3) is 0 Å². The summed E-state index contributed by atoms with van der Waals surface area (Å²) < 4.78 is 5.64. The number of hydrazine groups is 1. The third-order valence-corrected chi connectivity index (χ3v) is 4.19. The topological polar surface area (TPSA) is 84.7 Å². The van der Waals surface area contributed by atoms with Gasteiger partial charge in [0.25, 0.3) is 5.91 Å². The molecule has 2 amide bonds. The molecule has 22 heavy (non-hydrogen) atoms. The number of rotatable bonds is 4. The number of nitrogens with two attached hydrogens (primary N) is 1. The van der Waals surface area contributed by atoms with Crippen LogP contribution in [-0.2, 0) is 9.59 Å². The molecule has 0 spiro atoms. The second-order valence-corrected chi connectivity index (χ2v) is 5.67. The van der Waals surface area contributed by atoms with Gasteiger partial charge in [0, 0.05) is 13.1 Å². The lowest BCUT2D eigenvalue weighted by atomic mass is 9.97. The molecule has 0 bridgehead atoms. The van der Waals surface area contributed by atoms with E-state index in [1.165, 1.54) is 0 Å². The lowest BCUT2D eigenvalue weighted by molar-refractivity contribution is -0.137. The highest BCUT2D eigenvalue weighted by Crippen LogP contribution is 2.21. The van der Waals surface area contributed by atoms with E-state index >= 15 is 0 Å². The average Bonchev–Trinajstić information content (AvgIpc) is 2.55. The monoisotopic (exact) mass is 305 g/mol. The van der Waals surface area contributed by atoms with Crippen molar-refractivity contribution >= 4 is 11.8 Å². The molecule has 1 saturated heterocycles. The molecule has 0 aromatic heterocycles. The fourth-order valence-electron chi connectivity index (χ4n) is 2.65. The zero-order valence-electron chi connectivity index (χ0n) is 13.1. The smallest absolute Gasteiger partial charge is 0.260 e. The Balaban J connectivity index is 1.92. The van der Waals surface area contributed by atoms with Crippen LogP contribution in [0.1, 0.15) is 24.0 Å². The Bertz CT molecular complexity index is 560. The SMILES string of the molecule is Cc1cccc(OCC(=O)N2CCCC(C(=O)NN)C2)c1C. The number of carbonyl (C=O) groups is 2.